The average molecular weight is 324 g/mol. The van der Waals surface area contributed by atoms with Crippen LogP contribution in [0.5, 0.6) is 0 Å². The first-order valence-corrected chi connectivity index (χ1v) is 8.50. The third-order valence-corrected chi connectivity index (χ3v) is 5.25. The highest BCUT2D eigenvalue weighted by Crippen LogP contribution is 2.51. The summed E-state index contributed by atoms with van der Waals surface area (Å²) in [4.78, 5) is 0. The van der Waals surface area contributed by atoms with E-state index in [1.807, 2.05) is 0 Å². The molecule has 0 saturated carbocycles. The average Bonchev–Trinajstić information content (AvgIpc) is 2.38. The maximum Gasteiger partial charge on any atom is 0.416 e. The molecule has 0 amide bonds. The van der Waals surface area contributed by atoms with Crippen molar-refractivity contribution in [3.05, 3.63) is 35.4 Å². The molecule has 0 spiro atoms. The summed E-state index contributed by atoms with van der Waals surface area (Å²) in [7, 11) is -3.21. The lowest BCUT2D eigenvalue weighted by Gasteiger charge is -2.21. The van der Waals surface area contributed by atoms with Gasteiger partial charge in [-0.2, -0.15) is 13.2 Å². The summed E-state index contributed by atoms with van der Waals surface area (Å²) in [5.41, 5.74) is -0.0288. The summed E-state index contributed by atoms with van der Waals surface area (Å²) in [6.07, 6.45) is -4.21. The topological polar surface area (TPSA) is 35.5 Å². The maximum absolute atomic E-state index is 12.5. The maximum atomic E-state index is 12.5. The van der Waals surface area contributed by atoms with Crippen LogP contribution in [0.1, 0.15) is 37.8 Å². The van der Waals surface area contributed by atoms with Gasteiger partial charge >= 0.3 is 13.8 Å². The molecule has 0 aliphatic rings. The Bertz CT molecular complexity index is 475. The van der Waals surface area contributed by atoms with Crippen molar-refractivity contribution in [2.75, 3.05) is 19.4 Å². The predicted molar refractivity (Wildman–Crippen MR) is 75.6 cm³/mol. The van der Waals surface area contributed by atoms with Crippen molar-refractivity contribution in [1.82, 2.24) is 0 Å². The Labute approximate surface area is 123 Å². The van der Waals surface area contributed by atoms with Crippen molar-refractivity contribution in [1.29, 1.82) is 0 Å². The molecule has 0 radical (unpaired) electrons. The molecule has 0 heterocycles. The molecule has 0 aliphatic carbocycles. The van der Waals surface area contributed by atoms with Crippen LogP contribution < -0.4 is 0 Å². The monoisotopic (exact) mass is 324 g/mol. The fourth-order valence-electron chi connectivity index (χ4n) is 1.98. The standard InChI is InChI=1S/C14H20F3O3P/c1-4-19-21(18,20-5-2)10-11(3)12-6-8-13(9-7-12)14(15,16)17/h6-9,11H,4-5,10H2,1-3H3/t11-/m0/s1. The van der Waals surface area contributed by atoms with Crippen LogP contribution in [0.25, 0.3) is 0 Å². The Morgan fingerprint density at radius 2 is 1.57 bits per heavy atom. The first kappa shape index (κ1) is 18.2. The van der Waals surface area contributed by atoms with Gasteiger partial charge in [0, 0.05) is 0 Å². The van der Waals surface area contributed by atoms with Crippen LogP contribution in [0.2, 0.25) is 0 Å². The van der Waals surface area contributed by atoms with E-state index < -0.39 is 19.3 Å². The summed E-state index contributed by atoms with van der Waals surface area (Å²) in [6.45, 7) is 5.74. The van der Waals surface area contributed by atoms with Gasteiger partial charge in [0.25, 0.3) is 0 Å². The summed E-state index contributed by atoms with van der Waals surface area (Å²) in [5, 5.41) is 0. The van der Waals surface area contributed by atoms with Gasteiger partial charge in [-0.25, -0.2) is 0 Å². The van der Waals surface area contributed by atoms with E-state index in [-0.39, 0.29) is 25.3 Å². The molecular formula is C14H20F3O3P. The van der Waals surface area contributed by atoms with Crippen molar-refractivity contribution >= 4 is 7.60 Å². The Morgan fingerprint density at radius 3 is 1.95 bits per heavy atom. The van der Waals surface area contributed by atoms with E-state index in [0.717, 1.165) is 12.1 Å². The highest BCUT2D eigenvalue weighted by molar-refractivity contribution is 7.53. The molecule has 0 unspecified atom stereocenters. The first-order valence-electron chi connectivity index (χ1n) is 6.77. The van der Waals surface area contributed by atoms with Gasteiger partial charge in [0.2, 0.25) is 0 Å². The Balaban J connectivity index is 2.83. The van der Waals surface area contributed by atoms with E-state index in [2.05, 4.69) is 0 Å². The first-order chi connectivity index (χ1) is 9.72. The number of hydrogen-bond acceptors (Lipinski definition) is 3. The van der Waals surface area contributed by atoms with Crippen LogP contribution in [0.4, 0.5) is 13.2 Å². The minimum absolute atomic E-state index is 0.139. The molecule has 0 fully saturated rings. The molecular weight excluding hydrogens is 304 g/mol. The second kappa shape index (κ2) is 7.43. The summed E-state index contributed by atoms with van der Waals surface area (Å²) in [5.74, 6) is -0.226. The van der Waals surface area contributed by atoms with Crippen LogP contribution in [0.3, 0.4) is 0 Å². The molecule has 1 aromatic rings. The van der Waals surface area contributed by atoms with Crippen molar-refractivity contribution in [2.45, 2.75) is 32.9 Å². The molecule has 21 heavy (non-hydrogen) atoms. The van der Waals surface area contributed by atoms with E-state index in [1.54, 1.807) is 20.8 Å². The second-order valence-corrected chi connectivity index (χ2v) is 6.75. The Morgan fingerprint density at radius 1 is 1.10 bits per heavy atom. The van der Waals surface area contributed by atoms with Crippen molar-refractivity contribution in [2.24, 2.45) is 0 Å². The van der Waals surface area contributed by atoms with Gasteiger partial charge in [-0.05, 0) is 37.5 Å². The van der Waals surface area contributed by atoms with Crippen LogP contribution in [0.15, 0.2) is 24.3 Å². The summed E-state index contributed by atoms with van der Waals surface area (Å²) in [6, 6.07) is 4.85. The number of benzene rings is 1. The molecule has 0 aliphatic heterocycles. The van der Waals surface area contributed by atoms with Gasteiger partial charge in [0.1, 0.15) is 0 Å². The van der Waals surface area contributed by atoms with Gasteiger partial charge in [-0.15, -0.1) is 0 Å². The highest BCUT2D eigenvalue weighted by Gasteiger charge is 2.31. The minimum Gasteiger partial charge on any atom is -0.309 e. The van der Waals surface area contributed by atoms with Gasteiger partial charge < -0.3 is 9.05 Å². The zero-order chi connectivity index (χ0) is 16.1. The molecule has 120 valence electrons. The van der Waals surface area contributed by atoms with E-state index >= 15 is 0 Å². The zero-order valence-corrected chi connectivity index (χ0v) is 13.2. The predicted octanol–water partition coefficient (Wildman–Crippen LogP) is 5.08. The SMILES string of the molecule is CCOP(=O)(C[C@H](C)c1ccc(C(F)(F)F)cc1)OCC. The fourth-order valence-corrected chi connectivity index (χ4v) is 3.93. The molecule has 1 rings (SSSR count). The lowest BCUT2D eigenvalue weighted by Crippen LogP contribution is -2.08. The highest BCUT2D eigenvalue weighted by atomic mass is 31.2. The fraction of sp³-hybridized carbons (Fsp3) is 0.571. The lowest BCUT2D eigenvalue weighted by molar-refractivity contribution is -0.137. The molecule has 1 atom stereocenters. The smallest absolute Gasteiger partial charge is 0.309 e. The number of alkyl halides is 3. The van der Waals surface area contributed by atoms with E-state index in [1.165, 1.54) is 12.1 Å². The molecule has 0 N–H and O–H groups in total. The van der Waals surface area contributed by atoms with Gasteiger partial charge in [0.15, 0.2) is 0 Å². The third-order valence-electron chi connectivity index (χ3n) is 2.96. The van der Waals surface area contributed by atoms with Crippen molar-refractivity contribution in [3.63, 3.8) is 0 Å². The molecule has 0 aromatic heterocycles. The molecule has 0 bridgehead atoms. The van der Waals surface area contributed by atoms with Crippen LogP contribution in [-0.2, 0) is 19.8 Å². The molecule has 1 aromatic carbocycles. The van der Waals surface area contributed by atoms with E-state index in [0.29, 0.717) is 5.56 Å². The largest absolute Gasteiger partial charge is 0.416 e. The van der Waals surface area contributed by atoms with Gasteiger partial charge in [0.05, 0.1) is 24.9 Å². The van der Waals surface area contributed by atoms with Crippen LogP contribution in [0, 0.1) is 0 Å². The number of rotatable bonds is 7. The Hall–Kier alpha value is -0.840. The van der Waals surface area contributed by atoms with Crippen LogP contribution >= 0.6 is 7.60 Å². The summed E-state index contributed by atoms with van der Waals surface area (Å²) >= 11 is 0. The molecule has 0 saturated heterocycles. The van der Waals surface area contributed by atoms with Gasteiger partial charge in [-0.1, -0.05) is 19.1 Å². The van der Waals surface area contributed by atoms with E-state index in [4.69, 9.17) is 9.05 Å². The quantitative estimate of drug-likeness (QED) is 0.657. The molecule has 7 heteroatoms. The number of hydrogen-bond donors (Lipinski definition) is 0. The van der Waals surface area contributed by atoms with Crippen molar-refractivity contribution < 1.29 is 26.8 Å². The Kier molecular flexibility index (Phi) is 6.44. The molecule has 3 nitrogen and oxygen atoms in total. The second-order valence-electron chi connectivity index (χ2n) is 4.65. The zero-order valence-electron chi connectivity index (χ0n) is 12.3. The number of halogens is 3. The van der Waals surface area contributed by atoms with Crippen molar-refractivity contribution in [3.8, 4) is 0 Å². The van der Waals surface area contributed by atoms with Crippen LogP contribution in [-0.4, -0.2) is 19.4 Å². The normalized spacial score (nSPS) is 14.2. The third kappa shape index (κ3) is 5.46. The summed E-state index contributed by atoms with van der Waals surface area (Å²) < 4.78 is 60.3. The minimum atomic E-state index is -4.35. The lowest BCUT2D eigenvalue weighted by atomic mass is 10.0. The van der Waals surface area contributed by atoms with E-state index in [9.17, 15) is 17.7 Å². The van der Waals surface area contributed by atoms with Gasteiger partial charge in [-0.3, -0.25) is 4.57 Å².